The number of hydrogen-bond donors (Lipinski definition) is 1. The van der Waals surface area contributed by atoms with E-state index >= 15 is 0 Å². The van der Waals surface area contributed by atoms with Crippen LogP contribution in [0.5, 0.6) is 0 Å². The largest absolute Gasteiger partial charge is 0.394 e. The highest BCUT2D eigenvalue weighted by atomic mass is 16.5. The molecular weight excluding hydrogens is 578 g/mol. The van der Waals surface area contributed by atoms with Gasteiger partial charge in [-0.05, 0) is 47.2 Å². The first kappa shape index (κ1) is 31.7. The van der Waals surface area contributed by atoms with Crippen molar-refractivity contribution in [1.29, 1.82) is 0 Å². The molecule has 0 aromatic heterocycles. The molecule has 0 saturated carbocycles. The maximum atomic E-state index is 15.0. The van der Waals surface area contributed by atoms with Gasteiger partial charge in [-0.15, -0.1) is 13.2 Å². The van der Waals surface area contributed by atoms with Gasteiger partial charge in [-0.3, -0.25) is 14.4 Å². The minimum Gasteiger partial charge on any atom is -0.394 e. The maximum absolute atomic E-state index is 15.0. The fourth-order valence-corrected chi connectivity index (χ4v) is 7.98. The third-order valence-electron chi connectivity index (χ3n) is 10.1. The lowest BCUT2D eigenvalue weighted by Crippen LogP contribution is -2.59. The first-order valence-electron chi connectivity index (χ1n) is 16.2. The van der Waals surface area contributed by atoms with Crippen LogP contribution in [-0.2, 0) is 25.7 Å². The van der Waals surface area contributed by atoms with E-state index < -0.39 is 35.6 Å². The summed E-state index contributed by atoms with van der Waals surface area (Å²) in [6, 6.07) is 21.9. The number of carbonyl (C=O) groups is 3. The molecule has 2 bridgehead atoms. The Morgan fingerprint density at radius 3 is 2.37 bits per heavy atom. The molecule has 3 amide bonds. The lowest BCUT2D eigenvalue weighted by atomic mass is 9.70. The first-order chi connectivity index (χ1) is 22.2. The number of likely N-dealkylation sites (tertiary alicyclic amines) is 1. The highest BCUT2D eigenvalue weighted by Crippen LogP contribution is 2.59. The molecule has 3 heterocycles. The molecule has 6 rings (SSSR count). The van der Waals surface area contributed by atoms with Gasteiger partial charge in [0.05, 0.1) is 30.6 Å². The molecule has 6 atom stereocenters. The number of fused-ring (bicyclic) bond motifs is 2. The predicted molar refractivity (Wildman–Crippen MR) is 179 cm³/mol. The van der Waals surface area contributed by atoms with Gasteiger partial charge >= 0.3 is 0 Å². The summed E-state index contributed by atoms with van der Waals surface area (Å²) in [7, 11) is 0. The molecule has 0 aliphatic carbocycles. The summed E-state index contributed by atoms with van der Waals surface area (Å²) in [5.41, 5.74) is 0.463. The Morgan fingerprint density at radius 1 is 1.00 bits per heavy atom. The maximum Gasteiger partial charge on any atom is 0.253 e. The van der Waals surface area contributed by atoms with Crippen molar-refractivity contribution in [2.75, 3.05) is 24.6 Å². The van der Waals surface area contributed by atoms with Gasteiger partial charge in [-0.1, -0.05) is 86.7 Å². The SMILES string of the molecule is C=CCN(Cc1ccccc1)C(=O)[C@@H]1[C@@H]2CCC3(O2)C(C(=O)N(CC=C)c2ccc4ccccc4c2)N([C@@H](CO)C(C)C)C(=O)[C@H]13. The number of carbonyl (C=O) groups excluding carboxylic acids is 3. The second-order valence-electron chi connectivity index (χ2n) is 13.1. The lowest BCUT2D eigenvalue weighted by Gasteiger charge is -2.40. The average molecular weight is 622 g/mol. The van der Waals surface area contributed by atoms with Crippen LogP contribution in [0.3, 0.4) is 0 Å². The number of benzene rings is 3. The van der Waals surface area contributed by atoms with Crippen molar-refractivity contribution < 1.29 is 24.2 Å². The summed E-state index contributed by atoms with van der Waals surface area (Å²) >= 11 is 0. The molecule has 3 aliphatic rings. The molecular formula is C38H43N3O5. The zero-order valence-corrected chi connectivity index (χ0v) is 26.6. The number of ether oxygens (including phenoxy) is 1. The second-order valence-corrected chi connectivity index (χ2v) is 13.1. The van der Waals surface area contributed by atoms with E-state index in [1.165, 1.54) is 0 Å². The number of amides is 3. The Hall–Kier alpha value is -4.27. The summed E-state index contributed by atoms with van der Waals surface area (Å²) in [5.74, 6) is -2.51. The standard InChI is InChI=1S/C38H43N3O5/c1-5-20-39(23-26-12-8-7-9-13-26)35(43)32-31-18-19-38(46-31)33(32)36(44)41(30(24-42)25(3)4)34(38)37(45)40(21-6-2)29-17-16-27-14-10-11-15-28(27)22-29/h5-17,22,25,30-34,42H,1-2,18-21,23-24H2,3-4H3/t30-,31-,32+,33-,34?,38?/m0/s1. The van der Waals surface area contributed by atoms with Crippen molar-refractivity contribution in [3.05, 3.63) is 104 Å². The molecule has 1 spiro atoms. The van der Waals surface area contributed by atoms with Crippen LogP contribution < -0.4 is 4.90 Å². The molecule has 3 aliphatic heterocycles. The van der Waals surface area contributed by atoms with Crippen LogP contribution in [0, 0.1) is 17.8 Å². The molecule has 3 saturated heterocycles. The molecule has 8 nitrogen and oxygen atoms in total. The van der Waals surface area contributed by atoms with Crippen molar-refractivity contribution in [2.45, 2.75) is 57.0 Å². The van der Waals surface area contributed by atoms with Gasteiger partial charge in [0, 0.05) is 25.3 Å². The van der Waals surface area contributed by atoms with Crippen LogP contribution >= 0.6 is 0 Å². The molecule has 3 aromatic carbocycles. The van der Waals surface area contributed by atoms with Gasteiger partial charge in [0.15, 0.2) is 0 Å². The Bertz CT molecular complexity index is 1640. The average Bonchev–Trinajstić information content (AvgIpc) is 3.71. The number of anilines is 1. The molecule has 3 fully saturated rings. The third-order valence-corrected chi connectivity index (χ3v) is 10.1. The smallest absolute Gasteiger partial charge is 0.253 e. The highest BCUT2D eigenvalue weighted by molar-refractivity contribution is 6.06. The van der Waals surface area contributed by atoms with Gasteiger partial charge in [-0.2, -0.15) is 0 Å². The number of rotatable bonds is 12. The summed E-state index contributed by atoms with van der Waals surface area (Å²) < 4.78 is 6.75. The van der Waals surface area contributed by atoms with E-state index in [2.05, 4.69) is 13.2 Å². The van der Waals surface area contributed by atoms with E-state index in [1.54, 1.807) is 26.9 Å². The van der Waals surface area contributed by atoms with Crippen molar-refractivity contribution in [1.82, 2.24) is 9.80 Å². The number of aliphatic hydroxyl groups excluding tert-OH is 1. The van der Waals surface area contributed by atoms with E-state index in [9.17, 15) is 19.5 Å². The highest BCUT2D eigenvalue weighted by Gasteiger charge is 2.75. The van der Waals surface area contributed by atoms with Gasteiger partial charge in [-0.25, -0.2) is 0 Å². The van der Waals surface area contributed by atoms with Crippen LogP contribution in [0.1, 0.15) is 32.3 Å². The molecule has 46 heavy (non-hydrogen) atoms. The van der Waals surface area contributed by atoms with Crippen LogP contribution in [0.4, 0.5) is 5.69 Å². The topological polar surface area (TPSA) is 90.4 Å². The van der Waals surface area contributed by atoms with Gasteiger partial charge in [0.2, 0.25) is 11.8 Å². The number of aliphatic hydroxyl groups is 1. The zero-order valence-electron chi connectivity index (χ0n) is 26.6. The van der Waals surface area contributed by atoms with Crippen molar-refractivity contribution in [3.8, 4) is 0 Å². The Balaban J connectivity index is 1.42. The molecule has 2 unspecified atom stereocenters. The Labute approximate surface area is 270 Å². The fraction of sp³-hybridized carbons (Fsp3) is 0.395. The minimum absolute atomic E-state index is 0.144. The van der Waals surface area contributed by atoms with Crippen LogP contribution in [0.25, 0.3) is 10.8 Å². The van der Waals surface area contributed by atoms with Crippen LogP contribution in [-0.4, -0.2) is 76.1 Å². The zero-order chi connectivity index (χ0) is 32.6. The molecule has 240 valence electrons. The summed E-state index contributed by atoms with van der Waals surface area (Å²) in [6.45, 7) is 12.3. The fourth-order valence-electron chi connectivity index (χ4n) is 7.98. The predicted octanol–water partition coefficient (Wildman–Crippen LogP) is 4.97. The monoisotopic (exact) mass is 621 g/mol. The van der Waals surface area contributed by atoms with Crippen molar-refractivity contribution in [2.24, 2.45) is 17.8 Å². The van der Waals surface area contributed by atoms with Crippen molar-refractivity contribution >= 4 is 34.2 Å². The molecule has 3 aromatic rings. The van der Waals surface area contributed by atoms with Crippen LogP contribution in [0.15, 0.2) is 98.1 Å². The molecule has 1 N–H and O–H groups in total. The first-order valence-corrected chi connectivity index (χ1v) is 16.2. The molecule has 0 radical (unpaired) electrons. The Kier molecular flexibility index (Phi) is 8.86. The molecule has 8 heteroatoms. The van der Waals surface area contributed by atoms with E-state index in [4.69, 9.17) is 4.74 Å². The van der Waals surface area contributed by atoms with Gasteiger partial charge < -0.3 is 24.5 Å². The Morgan fingerprint density at radius 2 is 1.70 bits per heavy atom. The normalized spacial score (nSPS) is 25.5. The van der Waals surface area contributed by atoms with Gasteiger partial charge in [0.1, 0.15) is 11.6 Å². The van der Waals surface area contributed by atoms with E-state index in [-0.39, 0.29) is 36.8 Å². The number of hydrogen-bond acceptors (Lipinski definition) is 5. The van der Waals surface area contributed by atoms with E-state index in [1.807, 2.05) is 86.6 Å². The summed E-state index contributed by atoms with van der Waals surface area (Å²) in [6.07, 6.45) is 3.92. The van der Waals surface area contributed by atoms with E-state index in [0.717, 1.165) is 16.3 Å². The van der Waals surface area contributed by atoms with E-state index in [0.29, 0.717) is 31.6 Å². The quantitative estimate of drug-likeness (QED) is 0.289. The van der Waals surface area contributed by atoms with Crippen molar-refractivity contribution in [3.63, 3.8) is 0 Å². The lowest BCUT2D eigenvalue weighted by molar-refractivity contribution is -0.148. The summed E-state index contributed by atoms with van der Waals surface area (Å²) in [4.78, 5) is 49.0. The minimum atomic E-state index is -1.19. The second kappa shape index (κ2) is 12.9. The third kappa shape index (κ3) is 5.23. The summed E-state index contributed by atoms with van der Waals surface area (Å²) in [5, 5.41) is 12.6. The number of nitrogens with zero attached hydrogens (tertiary/aromatic N) is 3. The van der Waals surface area contributed by atoms with Gasteiger partial charge in [0.25, 0.3) is 5.91 Å². The van der Waals surface area contributed by atoms with Crippen LogP contribution in [0.2, 0.25) is 0 Å².